The van der Waals surface area contributed by atoms with Gasteiger partial charge >= 0.3 is 0 Å². The van der Waals surface area contributed by atoms with Crippen LogP contribution in [-0.4, -0.2) is 37.6 Å². The van der Waals surface area contributed by atoms with Crippen LogP contribution in [0, 0.1) is 25.2 Å². The van der Waals surface area contributed by atoms with Gasteiger partial charge in [0, 0.05) is 37.2 Å². The van der Waals surface area contributed by atoms with Gasteiger partial charge in [0.25, 0.3) is 0 Å². The summed E-state index contributed by atoms with van der Waals surface area (Å²) >= 11 is 18.7. The average molecular weight is 634 g/mol. The largest absolute Gasteiger partial charge is 0.349 e. The average Bonchev–Trinajstić information content (AvgIpc) is 3.38. The molecule has 3 aromatic carbocycles. The predicted molar refractivity (Wildman–Crippen MR) is 177 cm³/mol. The Labute approximate surface area is 268 Å². The molecule has 4 rings (SSSR count). The minimum Gasteiger partial charge on any atom is -0.349 e. The first-order valence-corrected chi connectivity index (χ1v) is 15.0. The first-order valence-electron chi connectivity index (χ1n) is 13.8. The number of nitrogens with one attached hydrogen (secondary N) is 2. The molecule has 0 aliphatic rings. The summed E-state index contributed by atoms with van der Waals surface area (Å²) in [7, 11) is 0. The van der Waals surface area contributed by atoms with Gasteiger partial charge in [0.05, 0.1) is 40.0 Å². The van der Waals surface area contributed by atoms with Crippen LogP contribution in [0.3, 0.4) is 0 Å². The van der Waals surface area contributed by atoms with Crippen molar-refractivity contribution in [3.8, 4) is 6.07 Å². The molecule has 2 N–H and O–H groups in total. The molecule has 0 unspecified atom stereocenters. The number of amides is 1. The van der Waals surface area contributed by atoms with E-state index in [9.17, 15) is 4.79 Å². The summed E-state index contributed by atoms with van der Waals surface area (Å²) in [4.78, 5) is 19.5. The van der Waals surface area contributed by atoms with Crippen molar-refractivity contribution in [2.75, 3.05) is 11.9 Å². The number of rotatable bonds is 10. The minimum atomic E-state index is -0.658. The topological polar surface area (TPSA) is 86.0 Å². The Balaban J connectivity index is 1.47. The summed E-state index contributed by atoms with van der Waals surface area (Å²) in [5.41, 5.74) is 5.80. The number of hydrogen-bond donors (Lipinski definition) is 2. The van der Waals surface area contributed by atoms with Crippen molar-refractivity contribution in [1.82, 2.24) is 19.8 Å². The van der Waals surface area contributed by atoms with Crippen LogP contribution in [0.2, 0.25) is 10.0 Å². The lowest BCUT2D eigenvalue weighted by Gasteiger charge is -2.35. The minimum absolute atomic E-state index is 0.139. The van der Waals surface area contributed by atoms with Gasteiger partial charge in [-0.2, -0.15) is 5.26 Å². The molecule has 10 heteroatoms. The Morgan fingerprint density at radius 2 is 1.84 bits per heavy atom. The predicted octanol–water partition coefficient (Wildman–Crippen LogP) is 7.06. The van der Waals surface area contributed by atoms with E-state index in [1.54, 1.807) is 30.7 Å². The van der Waals surface area contributed by atoms with Crippen LogP contribution in [0.1, 0.15) is 47.4 Å². The second kappa shape index (κ2) is 14.0. The molecule has 0 atom stereocenters. The first kappa shape index (κ1) is 32.0. The van der Waals surface area contributed by atoms with Crippen molar-refractivity contribution in [2.45, 2.75) is 52.7 Å². The highest BCUT2D eigenvalue weighted by Crippen LogP contribution is 2.27. The number of aromatic nitrogens is 2. The van der Waals surface area contributed by atoms with Gasteiger partial charge in [0.2, 0.25) is 5.91 Å². The lowest BCUT2D eigenvalue weighted by Crippen LogP contribution is -2.53. The summed E-state index contributed by atoms with van der Waals surface area (Å²) in [6.07, 6.45) is 3.57. The van der Waals surface area contributed by atoms with Crippen LogP contribution in [0.5, 0.6) is 0 Å². The van der Waals surface area contributed by atoms with E-state index in [1.807, 2.05) is 53.6 Å². The monoisotopic (exact) mass is 632 g/mol. The lowest BCUT2D eigenvalue weighted by molar-refractivity contribution is -0.122. The molecule has 0 saturated heterocycles. The molecule has 0 spiro atoms. The number of carbonyl (C=O) groups is 1. The first-order chi connectivity index (χ1) is 20.4. The lowest BCUT2D eigenvalue weighted by atomic mass is 10.0. The van der Waals surface area contributed by atoms with Gasteiger partial charge in [-0.3, -0.25) is 4.79 Å². The summed E-state index contributed by atoms with van der Waals surface area (Å²) in [5.74, 6) is -0.139. The number of nitrogens with zero attached hydrogens (tertiary/aromatic N) is 4. The van der Waals surface area contributed by atoms with Crippen molar-refractivity contribution < 1.29 is 4.79 Å². The Bertz CT molecular complexity index is 1660. The highest BCUT2D eigenvalue weighted by molar-refractivity contribution is 7.80. The Hall–Kier alpha value is -3.90. The van der Waals surface area contributed by atoms with Crippen LogP contribution in [0.25, 0.3) is 0 Å². The maximum atomic E-state index is 13.3. The van der Waals surface area contributed by atoms with Crippen molar-refractivity contribution in [2.24, 2.45) is 0 Å². The van der Waals surface area contributed by atoms with Gasteiger partial charge in [-0.15, -0.1) is 0 Å². The number of hydrogen-bond acceptors (Lipinski definition) is 4. The standard InChI is InChI=1S/C33H34Cl2N6OS/c1-22-8-13-27(14-23(22)2)38-32(43)40(19-26-6-5-7-29(34)31(26)35)20-33(3,4)39-30(42)15-28-17-37-21-41(28)18-25-11-9-24(16-36)10-12-25/h5-14,17,21H,15,18-20H2,1-4H3,(H,38,43)(H,39,42). The molecular weight excluding hydrogens is 599 g/mol. The maximum absolute atomic E-state index is 13.3. The van der Waals surface area contributed by atoms with Crippen LogP contribution < -0.4 is 10.6 Å². The molecule has 222 valence electrons. The third-order valence-corrected chi connectivity index (χ3v) is 8.30. The number of benzene rings is 3. The van der Waals surface area contributed by atoms with Gasteiger partial charge < -0.3 is 20.1 Å². The van der Waals surface area contributed by atoms with Crippen LogP contribution in [-0.2, 0) is 24.3 Å². The van der Waals surface area contributed by atoms with Crippen LogP contribution >= 0.6 is 35.4 Å². The molecule has 0 saturated carbocycles. The Morgan fingerprint density at radius 3 is 2.53 bits per heavy atom. The third kappa shape index (κ3) is 8.80. The van der Waals surface area contributed by atoms with E-state index in [-0.39, 0.29) is 12.3 Å². The molecule has 0 fully saturated rings. The second-order valence-corrected chi connectivity index (χ2v) is 12.4. The summed E-state index contributed by atoms with van der Waals surface area (Å²) in [6, 6.07) is 21.1. The zero-order chi connectivity index (χ0) is 31.1. The Morgan fingerprint density at radius 1 is 1.09 bits per heavy atom. The van der Waals surface area contributed by atoms with E-state index in [1.165, 1.54) is 5.56 Å². The summed E-state index contributed by atoms with van der Waals surface area (Å²) in [5, 5.41) is 17.0. The van der Waals surface area contributed by atoms with Crippen molar-refractivity contribution in [3.05, 3.63) is 117 Å². The highest BCUT2D eigenvalue weighted by atomic mass is 35.5. The van der Waals surface area contributed by atoms with Crippen LogP contribution in [0.15, 0.2) is 73.2 Å². The zero-order valence-corrected chi connectivity index (χ0v) is 26.9. The second-order valence-electron chi connectivity index (χ2n) is 11.2. The molecule has 1 heterocycles. The quantitative estimate of drug-likeness (QED) is 0.182. The summed E-state index contributed by atoms with van der Waals surface area (Å²) in [6.45, 7) is 9.40. The van der Waals surface area contributed by atoms with Crippen molar-refractivity contribution in [3.63, 3.8) is 0 Å². The molecule has 1 amide bonds. The molecular formula is C33H34Cl2N6OS. The molecule has 7 nitrogen and oxygen atoms in total. The normalized spacial score (nSPS) is 11.1. The maximum Gasteiger partial charge on any atom is 0.226 e. The SMILES string of the molecule is Cc1ccc(NC(=S)N(Cc2cccc(Cl)c2Cl)CC(C)(C)NC(=O)Cc2cncn2Cc2ccc(C#N)cc2)cc1C. The van der Waals surface area contributed by atoms with Gasteiger partial charge in [-0.1, -0.05) is 53.5 Å². The fraction of sp³-hybridized carbons (Fsp3) is 0.273. The van der Waals surface area contributed by atoms with E-state index in [0.29, 0.717) is 40.4 Å². The van der Waals surface area contributed by atoms with Crippen molar-refractivity contribution >= 4 is 52.1 Å². The number of thiocarbonyl (C=S) groups is 1. The zero-order valence-electron chi connectivity index (χ0n) is 24.6. The molecule has 1 aromatic heterocycles. The molecule has 0 bridgehead atoms. The Kier molecular flexibility index (Phi) is 10.5. The van der Waals surface area contributed by atoms with Crippen molar-refractivity contribution in [1.29, 1.82) is 5.26 Å². The molecule has 0 aliphatic heterocycles. The molecule has 0 aliphatic carbocycles. The van der Waals surface area contributed by atoms with E-state index in [2.05, 4.69) is 47.7 Å². The fourth-order valence-corrected chi connectivity index (χ4v) is 5.35. The number of halogens is 2. The number of anilines is 1. The van der Waals surface area contributed by atoms with Crippen LogP contribution in [0.4, 0.5) is 5.69 Å². The van der Waals surface area contributed by atoms with Gasteiger partial charge in [0.1, 0.15) is 0 Å². The molecule has 4 aromatic rings. The summed E-state index contributed by atoms with van der Waals surface area (Å²) < 4.78 is 1.93. The number of imidazole rings is 1. The molecule has 0 radical (unpaired) electrons. The molecule has 43 heavy (non-hydrogen) atoms. The van der Waals surface area contributed by atoms with E-state index < -0.39 is 5.54 Å². The number of nitriles is 1. The highest BCUT2D eigenvalue weighted by Gasteiger charge is 2.27. The number of aryl methyl sites for hydroxylation is 2. The van der Waals surface area contributed by atoms with Gasteiger partial charge in [-0.25, -0.2) is 4.98 Å². The van der Waals surface area contributed by atoms with Gasteiger partial charge in [-0.05, 0) is 92.5 Å². The number of carbonyl (C=O) groups excluding carboxylic acids is 1. The third-order valence-electron chi connectivity index (χ3n) is 7.08. The van der Waals surface area contributed by atoms with E-state index >= 15 is 0 Å². The van der Waals surface area contributed by atoms with E-state index in [0.717, 1.165) is 28.1 Å². The smallest absolute Gasteiger partial charge is 0.226 e. The van der Waals surface area contributed by atoms with E-state index in [4.69, 9.17) is 40.7 Å². The van der Waals surface area contributed by atoms with Gasteiger partial charge in [0.15, 0.2) is 5.11 Å². The fourth-order valence-electron chi connectivity index (χ4n) is 4.72.